The highest BCUT2D eigenvalue weighted by Gasteiger charge is 2.35. The molecule has 1 N–H and O–H groups in total. The molecular weight excluding hydrogens is 408 g/mol. The van der Waals surface area contributed by atoms with E-state index in [9.17, 15) is 9.59 Å². The van der Waals surface area contributed by atoms with Gasteiger partial charge in [-0.2, -0.15) is 8.75 Å². The van der Waals surface area contributed by atoms with E-state index in [1.807, 2.05) is 61.5 Å². The number of anilines is 1. The summed E-state index contributed by atoms with van der Waals surface area (Å²) in [6, 6.07) is 16.4. The van der Waals surface area contributed by atoms with Crippen LogP contribution in [0.15, 0.2) is 60.8 Å². The molecule has 3 aromatic rings. The van der Waals surface area contributed by atoms with E-state index >= 15 is 0 Å². The Bertz CT molecular complexity index is 1000. The highest BCUT2D eigenvalue weighted by Crippen LogP contribution is 2.30. The molecule has 1 fully saturated rings. The van der Waals surface area contributed by atoms with E-state index in [-0.39, 0.29) is 23.6 Å². The Kier molecular flexibility index (Phi) is 6.72. The second-order valence-electron chi connectivity index (χ2n) is 7.96. The lowest BCUT2D eigenvalue weighted by molar-refractivity contribution is -0.123. The summed E-state index contributed by atoms with van der Waals surface area (Å²) in [6.07, 6.45) is 6.84. The number of benzene rings is 2. The molecule has 0 aliphatic heterocycles. The third-order valence-corrected chi connectivity index (χ3v) is 6.16. The van der Waals surface area contributed by atoms with Crippen molar-refractivity contribution in [2.24, 2.45) is 0 Å². The molecule has 160 valence electrons. The number of hydrogen-bond acceptors (Lipinski definition) is 5. The van der Waals surface area contributed by atoms with E-state index < -0.39 is 6.04 Å². The van der Waals surface area contributed by atoms with Gasteiger partial charge in [0.05, 0.1) is 17.9 Å². The molecule has 1 atom stereocenters. The van der Waals surface area contributed by atoms with Crippen LogP contribution in [-0.4, -0.2) is 26.6 Å². The number of hydrogen-bond donors (Lipinski definition) is 1. The van der Waals surface area contributed by atoms with Crippen molar-refractivity contribution in [2.45, 2.75) is 51.1 Å². The number of rotatable bonds is 6. The van der Waals surface area contributed by atoms with E-state index in [1.54, 1.807) is 4.90 Å². The van der Waals surface area contributed by atoms with Crippen molar-refractivity contribution < 1.29 is 9.59 Å². The number of aromatic nitrogens is 2. The highest BCUT2D eigenvalue weighted by atomic mass is 32.1. The largest absolute Gasteiger partial charge is 0.351 e. The molecule has 1 heterocycles. The van der Waals surface area contributed by atoms with E-state index in [1.165, 1.54) is 12.6 Å². The quantitative estimate of drug-likeness (QED) is 0.611. The summed E-state index contributed by atoms with van der Waals surface area (Å²) in [7, 11) is 0. The maximum absolute atomic E-state index is 13.6. The number of nitrogens with one attached hydrogen (secondary N) is 1. The smallest absolute Gasteiger partial charge is 0.280 e. The first-order chi connectivity index (χ1) is 15.1. The van der Waals surface area contributed by atoms with Gasteiger partial charge in [-0.25, -0.2) is 0 Å². The number of nitrogens with zero attached hydrogens (tertiary/aromatic N) is 3. The minimum atomic E-state index is -0.806. The third-order valence-electron chi connectivity index (χ3n) is 5.68. The Balaban J connectivity index is 1.76. The van der Waals surface area contributed by atoms with Gasteiger partial charge in [0.25, 0.3) is 5.91 Å². The van der Waals surface area contributed by atoms with E-state index in [0.29, 0.717) is 5.69 Å². The second kappa shape index (κ2) is 9.83. The molecule has 7 heteroatoms. The zero-order valence-electron chi connectivity index (χ0n) is 17.5. The maximum atomic E-state index is 13.6. The molecule has 2 aromatic carbocycles. The first-order valence-corrected chi connectivity index (χ1v) is 11.4. The van der Waals surface area contributed by atoms with Crippen molar-refractivity contribution in [1.82, 2.24) is 14.1 Å². The van der Waals surface area contributed by atoms with Crippen molar-refractivity contribution in [3.8, 4) is 0 Å². The molecule has 0 radical (unpaired) electrons. The third kappa shape index (κ3) is 4.99. The summed E-state index contributed by atoms with van der Waals surface area (Å²) >= 11 is 0.979. The average molecular weight is 435 g/mol. The van der Waals surface area contributed by atoms with Crippen LogP contribution in [-0.2, 0) is 4.79 Å². The van der Waals surface area contributed by atoms with Crippen LogP contribution in [0.5, 0.6) is 0 Å². The summed E-state index contributed by atoms with van der Waals surface area (Å²) in [5, 5.41) is 3.21. The molecule has 0 bridgehead atoms. The van der Waals surface area contributed by atoms with Crippen molar-refractivity contribution in [3.05, 3.63) is 77.6 Å². The number of carbonyl (C=O) groups excluding carboxylic acids is 2. The lowest BCUT2D eigenvalue weighted by atomic mass is 9.94. The number of aryl methyl sites for hydroxylation is 1. The molecule has 2 amide bonds. The normalized spacial score (nSPS) is 15.3. The van der Waals surface area contributed by atoms with E-state index in [4.69, 9.17) is 0 Å². The average Bonchev–Trinajstić information content (AvgIpc) is 3.34. The van der Waals surface area contributed by atoms with Crippen LogP contribution in [0.1, 0.15) is 59.8 Å². The zero-order valence-corrected chi connectivity index (χ0v) is 18.3. The van der Waals surface area contributed by atoms with Crippen molar-refractivity contribution >= 4 is 29.2 Å². The minimum absolute atomic E-state index is 0.142. The van der Waals surface area contributed by atoms with Gasteiger partial charge < -0.3 is 5.32 Å². The van der Waals surface area contributed by atoms with Gasteiger partial charge in [0.2, 0.25) is 5.91 Å². The molecule has 4 rings (SSSR count). The Hall–Kier alpha value is -3.06. The minimum Gasteiger partial charge on any atom is -0.351 e. The summed E-state index contributed by atoms with van der Waals surface area (Å²) < 4.78 is 8.13. The van der Waals surface area contributed by atoms with E-state index in [0.717, 1.165) is 48.5 Å². The Labute approximate surface area is 186 Å². The summed E-state index contributed by atoms with van der Waals surface area (Å²) in [5.41, 5.74) is 2.72. The molecular formula is C24H26N4O2S. The predicted octanol–water partition coefficient (Wildman–Crippen LogP) is 4.68. The second-order valence-corrected chi connectivity index (χ2v) is 8.52. The van der Waals surface area contributed by atoms with Gasteiger partial charge in [-0.05, 0) is 37.5 Å². The Morgan fingerprint density at radius 1 is 1.03 bits per heavy atom. The molecule has 0 unspecified atom stereocenters. The van der Waals surface area contributed by atoms with Crippen LogP contribution in [0.4, 0.5) is 5.69 Å². The van der Waals surface area contributed by atoms with E-state index in [2.05, 4.69) is 14.1 Å². The summed E-state index contributed by atoms with van der Waals surface area (Å²) in [4.78, 5) is 28.7. The van der Waals surface area contributed by atoms with Crippen LogP contribution < -0.4 is 10.2 Å². The first-order valence-electron chi connectivity index (χ1n) is 10.7. The van der Waals surface area contributed by atoms with Gasteiger partial charge in [-0.15, -0.1) is 0 Å². The summed E-state index contributed by atoms with van der Waals surface area (Å²) in [5.74, 6) is -0.513. The van der Waals surface area contributed by atoms with Gasteiger partial charge >= 0.3 is 0 Å². The Morgan fingerprint density at radius 2 is 1.74 bits per heavy atom. The lowest BCUT2D eigenvalue weighted by Gasteiger charge is -2.33. The Morgan fingerprint density at radius 3 is 2.39 bits per heavy atom. The molecule has 0 saturated heterocycles. The van der Waals surface area contributed by atoms with Gasteiger partial charge in [-0.1, -0.05) is 67.3 Å². The van der Waals surface area contributed by atoms with Crippen LogP contribution >= 0.6 is 11.7 Å². The molecule has 1 aromatic heterocycles. The fourth-order valence-electron chi connectivity index (χ4n) is 4.05. The van der Waals surface area contributed by atoms with Crippen LogP contribution in [0, 0.1) is 6.92 Å². The van der Waals surface area contributed by atoms with Gasteiger partial charge in [-0.3, -0.25) is 14.5 Å². The predicted molar refractivity (Wildman–Crippen MR) is 122 cm³/mol. The molecule has 1 aliphatic carbocycles. The van der Waals surface area contributed by atoms with Crippen molar-refractivity contribution in [2.75, 3.05) is 4.90 Å². The van der Waals surface area contributed by atoms with Gasteiger partial charge in [0.1, 0.15) is 6.04 Å². The van der Waals surface area contributed by atoms with Crippen molar-refractivity contribution in [1.29, 1.82) is 0 Å². The summed E-state index contributed by atoms with van der Waals surface area (Å²) in [6.45, 7) is 1.99. The maximum Gasteiger partial charge on any atom is 0.280 e. The number of amides is 2. The fourth-order valence-corrected chi connectivity index (χ4v) is 4.46. The fraction of sp³-hybridized carbons (Fsp3) is 0.333. The van der Waals surface area contributed by atoms with Crippen molar-refractivity contribution in [3.63, 3.8) is 0 Å². The van der Waals surface area contributed by atoms with Gasteiger partial charge in [0, 0.05) is 11.7 Å². The lowest BCUT2D eigenvalue weighted by Crippen LogP contribution is -2.47. The monoisotopic (exact) mass is 434 g/mol. The van der Waals surface area contributed by atoms with Crippen LogP contribution in [0.2, 0.25) is 0 Å². The number of carbonyl (C=O) groups is 2. The van der Waals surface area contributed by atoms with Crippen LogP contribution in [0.25, 0.3) is 0 Å². The standard InChI is InChI=1S/C24H26N4O2S/c1-17-12-14-20(15-13-17)28(24(30)21-16-25-31-27-21)22(18-8-4-2-5-9-18)23(29)26-19-10-6-3-7-11-19/h2,4-5,8-9,12-16,19,22H,3,6-7,10-11H2,1H3,(H,26,29)/t22-/m0/s1. The first kappa shape index (κ1) is 21.2. The molecule has 1 saturated carbocycles. The van der Waals surface area contributed by atoms with Crippen LogP contribution in [0.3, 0.4) is 0 Å². The molecule has 31 heavy (non-hydrogen) atoms. The molecule has 0 spiro atoms. The SMILES string of the molecule is Cc1ccc(N(C(=O)c2cnsn2)[C@H](C(=O)NC2CCCCC2)c2ccccc2)cc1. The highest BCUT2D eigenvalue weighted by molar-refractivity contribution is 6.99. The topological polar surface area (TPSA) is 75.2 Å². The van der Waals surface area contributed by atoms with Gasteiger partial charge in [0.15, 0.2) is 5.69 Å². The molecule has 6 nitrogen and oxygen atoms in total. The molecule has 1 aliphatic rings. The zero-order chi connectivity index (χ0) is 21.6.